The molecule has 0 aliphatic rings. The molecule has 0 atom stereocenters. The van der Waals surface area contributed by atoms with Gasteiger partial charge in [0.2, 0.25) is 0 Å². The molecule has 0 aliphatic carbocycles. The van der Waals surface area contributed by atoms with Crippen molar-refractivity contribution in [3.63, 3.8) is 0 Å². The van der Waals surface area contributed by atoms with Crippen molar-refractivity contribution >= 4 is 34.8 Å². The summed E-state index contributed by atoms with van der Waals surface area (Å²) in [4.78, 5) is 4.18. The van der Waals surface area contributed by atoms with E-state index < -0.39 is 0 Å². The van der Waals surface area contributed by atoms with Crippen LogP contribution in [0.2, 0.25) is 15.1 Å². The molecular weight excluding hydrogens is 252 g/mol. The number of halogens is 3. The zero-order chi connectivity index (χ0) is 10.8. The van der Waals surface area contributed by atoms with Crippen LogP contribution in [0.3, 0.4) is 0 Å². The largest absolute Gasteiger partial charge is 0.256 e. The Morgan fingerprint density at radius 2 is 1.60 bits per heavy atom. The van der Waals surface area contributed by atoms with Crippen LogP contribution >= 0.6 is 34.8 Å². The van der Waals surface area contributed by atoms with Gasteiger partial charge in [-0.3, -0.25) is 4.98 Å². The Bertz CT molecular complexity index is 497. The fourth-order valence-corrected chi connectivity index (χ4v) is 1.79. The van der Waals surface area contributed by atoms with Crippen molar-refractivity contribution in [3.05, 3.63) is 51.6 Å². The normalized spacial score (nSPS) is 10.3. The van der Waals surface area contributed by atoms with Crippen LogP contribution in [0.1, 0.15) is 0 Å². The minimum absolute atomic E-state index is 0.606. The van der Waals surface area contributed by atoms with Gasteiger partial charge in [0.1, 0.15) is 0 Å². The molecule has 76 valence electrons. The van der Waals surface area contributed by atoms with E-state index in [9.17, 15) is 0 Å². The second kappa shape index (κ2) is 4.40. The van der Waals surface area contributed by atoms with Gasteiger partial charge in [-0.1, -0.05) is 34.8 Å². The number of benzene rings is 1. The van der Waals surface area contributed by atoms with E-state index in [-0.39, 0.29) is 0 Å². The highest BCUT2D eigenvalue weighted by molar-refractivity contribution is 6.35. The molecule has 0 amide bonds. The third-order valence-electron chi connectivity index (χ3n) is 1.93. The molecule has 1 nitrogen and oxygen atoms in total. The van der Waals surface area contributed by atoms with Crippen LogP contribution < -0.4 is 0 Å². The number of hydrogen-bond donors (Lipinski definition) is 0. The standard InChI is InChI=1S/C11H6Cl3N/c12-7-1-2-10(14)9(5-7)11-6-8(13)3-4-15-11/h1-6H. The lowest BCUT2D eigenvalue weighted by Crippen LogP contribution is -1.84. The van der Waals surface area contributed by atoms with E-state index in [0.717, 1.165) is 11.3 Å². The predicted octanol–water partition coefficient (Wildman–Crippen LogP) is 4.71. The van der Waals surface area contributed by atoms with Crippen LogP contribution in [0, 0.1) is 0 Å². The van der Waals surface area contributed by atoms with Gasteiger partial charge in [0.25, 0.3) is 0 Å². The summed E-state index contributed by atoms with van der Waals surface area (Å²) >= 11 is 17.8. The van der Waals surface area contributed by atoms with Crippen molar-refractivity contribution in [2.24, 2.45) is 0 Å². The van der Waals surface area contributed by atoms with Crippen molar-refractivity contribution < 1.29 is 0 Å². The first-order valence-corrected chi connectivity index (χ1v) is 5.37. The van der Waals surface area contributed by atoms with E-state index in [4.69, 9.17) is 34.8 Å². The van der Waals surface area contributed by atoms with Crippen LogP contribution in [0.5, 0.6) is 0 Å². The van der Waals surface area contributed by atoms with Crippen molar-refractivity contribution in [3.8, 4) is 11.3 Å². The molecule has 0 N–H and O–H groups in total. The molecule has 1 aromatic carbocycles. The molecule has 0 saturated heterocycles. The van der Waals surface area contributed by atoms with Crippen LogP contribution in [0.4, 0.5) is 0 Å². The Morgan fingerprint density at radius 1 is 0.867 bits per heavy atom. The van der Waals surface area contributed by atoms with Gasteiger partial charge in [0.15, 0.2) is 0 Å². The summed E-state index contributed by atoms with van der Waals surface area (Å²) in [5.41, 5.74) is 1.50. The topological polar surface area (TPSA) is 12.9 Å². The molecule has 0 bridgehead atoms. The zero-order valence-electron chi connectivity index (χ0n) is 7.55. The van der Waals surface area contributed by atoms with E-state index in [2.05, 4.69) is 4.98 Å². The van der Waals surface area contributed by atoms with Crippen molar-refractivity contribution in [2.45, 2.75) is 0 Å². The second-order valence-corrected chi connectivity index (χ2v) is 4.26. The van der Waals surface area contributed by atoms with Gasteiger partial charge < -0.3 is 0 Å². The molecule has 0 spiro atoms. The van der Waals surface area contributed by atoms with Gasteiger partial charge in [-0.15, -0.1) is 0 Å². The summed E-state index contributed by atoms with van der Waals surface area (Å²) < 4.78 is 0. The lowest BCUT2D eigenvalue weighted by atomic mass is 10.1. The fraction of sp³-hybridized carbons (Fsp3) is 0. The average Bonchev–Trinajstić information content (AvgIpc) is 2.22. The Labute approximate surface area is 103 Å². The first-order valence-electron chi connectivity index (χ1n) is 4.24. The molecule has 0 fully saturated rings. The van der Waals surface area contributed by atoms with E-state index in [1.54, 1.807) is 36.5 Å². The lowest BCUT2D eigenvalue weighted by molar-refractivity contribution is 1.33. The molecule has 1 aromatic heterocycles. The molecule has 4 heteroatoms. The van der Waals surface area contributed by atoms with Gasteiger partial charge in [-0.2, -0.15) is 0 Å². The van der Waals surface area contributed by atoms with Gasteiger partial charge in [0.05, 0.1) is 10.7 Å². The SMILES string of the molecule is Clc1ccnc(-c2cc(Cl)ccc2Cl)c1. The highest BCUT2D eigenvalue weighted by Crippen LogP contribution is 2.30. The van der Waals surface area contributed by atoms with E-state index in [1.807, 2.05) is 0 Å². The molecule has 1 heterocycles. The maximum absolute atomic E-state index is 6.04. The molecule has 0 aliphatic heterocycles. The maximum atomic E-state index is 6.04. The number of pyridine rings is 1. The van der Waals surface area contributed by atoms with Crippen LogP contribution in [0.25, 0.3) is 11.3 Å². The van der Waals surface area contributed by atoms with Gasteiger partial charge in [0, 0.05) is 21.8 Å². The van der Waals surface area contributed by atoms with Gasteiger partial charge in [-0.05, 0) is 30.3 Å². The Morgan fingerprint density at radius 3 is 2.33 bits per heavy atom. The summed E-state index contributed by atoms with van der Waals surface area (Å²) in [6.45, 7) is 0. The molecule has 2 rings (SSSR count). The first-order chi connectivity index (χ1) is 7.16. The Kier molecular flexibility index (Phi) is 3.15. The third-order valence-corrected chi connectivity index (χ3v) is 2.73. The summed E-state index contributed by atoms with van der Waals surface area (Å²) in [6, 6.07) is 8.70. The number of rotatable bonds is 1. The minimum atomic E-state index is 0.606. The van der Waals surface area contributed by atoms with Gasteiger partial charge >= 0.3 is 0 Å². The van der Waals surface area contributed by atoms with Crippen molar-refractivity contribution in [2.75, 3.05) is 0 Å². The number of hydrogen-bond acceptors (Lipinski definition) is 1. The number of aromatic nitrogens is 1. The molecule has 0 radical (unpaired) electrons. The van der Waals surface area contributed by atoms with Crippen molar-refractivity contribution in [1.29, 1.82) is 0 Å². The molecule has 2 aromatic rings. The highest BCUT2D eigenvalue weighted by atomic mass is 35.5. The monoisotopic (exact) mass is 257 g/mol. The first kappa shape index (κ1) is 10.7. The highest BCUT2D eigenvalue weighted by Gasteiger charge is 2.05. The minimum Gasteiger partial charge on any atom is -0.256 e. The Balaban J connectivity index is 2.58. The predicted molar refractivity (Wildman–Crippen MR) is 64.7 cm³/mol. The fourth-order valence-electron chi connectivity index (χ4n) is 1.25. The molecule has 0 saturated carbocycles. The van der Waals surface area contributed by atoms with E-state index >= 15 is 0 Å². The average molecular weight is 259 g/mol. The van der Waals surface area contributed by atoms with E-state index in [1.165, 1.54) is 0 Å². The van der Waals surface area contributed by atoms with Crippen LogP contribution in [-0.4, -0.2) is 4.98 Å². The summed E-state index contributed by atoms with van der Waals surface area (Å²) in [5.74, 6) is 0. The second-order valence-electron chi connectivity index (χ2n) is 2.98. The third kappa shape index (κ3) is 2.43. The lowest BCUT2D eigenvalue weighted by Gasteiger charge is -2.04. The summed E-state index contributed by atoms with van der Waals surface area (Å²) in [5, 5.41) is 1.85. The van der Waals surface area contributed by atoms with Crippen molar-refractivity contribution in [1.82, 2.24) is 4.98 Å². The van der Waals surface area contributed by atoms with E-state index in [0.29, 0.717) is 15.1 Å². The van der Waals surface area contributed by atoms with Crippen LogP contribution in [-0.2, 0) is 0 Å². The van der Waals surface area contributed by atoms with Gasteiger partial charge in [-0.25, -0.2) is 0 Å². The molecule has 0 unspecified atom stereocenters. The molecular formula is C11H6Cl3N. The quantitative estimate of drug-likeness (QED) is 0.722. The smallest absolute Gasteiger partial charge is 0.0732 e. The van der Waals surface area contributed by atoms with Crippen LogP contribution in [0.15, 0.2) is 36.5 Å². The number of nitrogens with zero attached hydrogens (tertiary/aromatic N) is 1. The summed E-state index contributed by atoms with van der Waals surface area (Å²) in [7, 11) is 0. The summed E-state index contributed by atoms with van der Waals surface area (Å²) in [6.07, 6.45) is 1.63. The maximum Gasteiger partial charge on any atom is 0.0732 e. The zero-order valence-corrected chi connectivity index (χ0v) is 9.81. The molecule has 15 heavy (non-hydrogen) atoms. The Hall–Kier alpha value is -0.760.